The minimum absolute atomic E-state index is 0.226. The summed E-state index contributed by atoms with van der Waals surface area (Å²) in [5.41, 5.74) is 0. The molecule has 1 N–H and O–H groups in total. The number of hydrogen-bond acceptors (Lipinski definition) is 3. The van der Waals surface area contributed by atoms with Crippen LogP contribution in [0.25, 0.3) is 0 Å². The van der Waals surface area contributed by atoms with Crippen LogP contribution >= 0.6 is 0 Å². The molecular weight excluding hydrogens is 140 g/mol. The molecule has 9 heavy (non-hydrogen) atoms. The molecule has 0 unspecified atom stereocenters. The average Bonchev–Trinajstić information content (AvgIpc) is 1.77. The Morgan fingerprint density at radius 3 is 2.56 bits per heavy atom. The lowest BCUT2D eigenvalue weighted by atomic mass is 10.7. The Morgan fingerprint density at radius 1 is 1.56 bits per heavy atom. The standard InChI is InChI=1S/C4H10N2O2S/c1-6-4-5-2-3-9(6,7)8/h5H,2-4H2,1H3. The maximum absolute atomic E-state index is 10.9. The molecule has 0 aromatic carbocycles. The minimum atomic E-state index is -2.89. The van der Waals surface area contributed by atoms with E-state index in [9.17, 15) is 8.42 Å². The molecule has 5 heteroatoms. The first kappa shape index (κ1) is 6.98. The van der Waals surface area contributed by atoms with E-state index in [0.717, 1.165) is 0 Å². The normalized spacial score (nSPS) is 28.1. The van der Waals surface area contributed by atoms with E-state index in [1.54, 1.807) is 7.05 Å². The third kappa shape index (κ3) is 1.41. The first-order valence-electron chi connectivity index (χ1n) is 2.78. The summed E-state index contributed by atoms with van der Waals surface area (Å²) in [6, 6.07) is 0. The largest absolute Gasteiger partial charge is 0.302 e. The molecule has 0 bridgehead atoms. The Hall–Kier alpha value is -0.130. The highest BCUT2D eigenvalue weighted by atomic mass is 32.2. The van der Waals surface area contributed by atoms with Gasteiger partial charge in [-0.05, 0) is 0 Å². The summed E-state index contributed by atoms with van der Waals surface area (Å²) in [5, 5.41) is 2.94. The van der Waals surface area contributed by atoms with Crippen molar-refractivity contribution in [2.75, 3.05) is 26.0 Å². The van der Waals surface area contributed by atoms with Crippen molar-refractivity contribution >= 4 is 10.0 Å². The lowest BCUT2D eigenvalue weighted by Crippen LogP contribution is -2.45. The summed E-state index contributed by atoms with van der Waals surface area (Å²) in [5.74, 6) is 0.226. The zero-order chi connectivity index (χ0) is 6.91. The van der Waals surface area contributed by atoms with Gasteiger partial charge in [0.1, 0.15) is 0 Å². The molecule has 54 valence electrons. The van der Waals surface area contributed by atoms with E-state index in [2.05, 4.69) is 5.32 Å². The van der Waals surface area contributed by atoms with Crippen molar-refractivity contribution in [2.45, 2.75) is 0 Å². The molecule has 0 amide bonds. The quantitative estimate of drug-likeness (QED) is 0.472. The van der Waals surface area contributed by atoms with Crippen LogP contribution in [0, 0.1) is 0 Å². The minimum Gasteiger partial charge on any atom is -0.302 e. The van der Waals surface area contributed by atoms with E-state index in [1.807, 2.05) is 0 Å². The van der Waals surface area contributed by atoms with Gasteiger partial charge in [-0.15, -0.1) is 0 Å². The number of hydrogen-bond donors (Lipinski definition) is 1. The SMILES string of the molecule is CN1CNCCS1(=O)=O. The van der Waals surface area contributed by atoms with Gasteiger partial charge in [-0.3, -0.25) is 0 Å². The van der Waals surface area contributed by atoms with Gasteiger partial charge in [-0.1, -0.05) is 0 Å². The zero-order valence-electron chi connectivity index (χ0n) is 5.29. The topological polar surface area (TPSA) is 49.4 Å². The molecule has 0 atom stereocenters. The van der Waals surface area contributed by atoms with E-state index in [1.165, 1.54) is 4.31 Å². The molecule has 1 fully saturated rings. The number of rotatable bonds is 0. The first-order valence-corrected chi connectivity index (χ1v) is 4.38. The molecule has 0 saturated carbocycles. The molecule has 0 spiro atoms. The van der Waals surface area contributed by atoms with Crippen LogP contribution in [0.3, 0.4) is 0 Å². The second-order valence-electron chi connectivity index (χ2n) is 2.07. The Labute approximate surface area is 54.9 Å². The van der Waals surface area contributed by atoms with Gasteiger partial charge < -0.3 is 5.32 Å². The van der Waals surface area contributed by atoms with E-state index < -0.39 is 10.0 Å². The molecule has 4 nitrogen and oxygen atoms in total. The van der Waals surface area contributed by atoms with E-state index in [0.29, 0.717) is 13.2 Å². The molecule has 0 aromatic rings. The second-order valence-corrected chi connectivity index (χ2v) is 4.27. The van der Waals surface area contributed by atoms with Gasteiger partial charge in [-0.2, -0.15) is 4.31 Å². The first-order chi connectivity index (χ1) is 4.13. The van der Waals surface area contributed by atoms with Crippen LogP contribution in [0.4, 0.5) is 0 Å². The van der Waals surface area contributed by atoms with Crippen molar-refractivity contribution in [3.63, 3.8) is 0 Å². The van der Waals surface area contributed by atoms with Crippen LogP contribution < -0.4 is 5.32 Å². The van der Waals surface area contributed by atoms with Crippen molar-refractivity contribution in [1.82, 2.24) is 9.62 Å². The predicted molar refractivity (Wildman–Crippen MR) is 34.4 cm³/mol. The van der Waals surface area contributed by atoms with Gasteiger partial charge >= 0.3 is 0 Å². The monoisotopic (exact) mass is 150 g/mol. The molecule has 1 aliphatic heterocycles. The summed E-state index contributed by atoms with van der Waals surface area (Å²) < 4.78 is 23.1. The summed E-state index contributed by atoms with van der Waals surface area (Å²) >= 11 is 0. The predicted octanol–water partition coefficient (Wildman–Crippen LogP) is -1.19. The molecule has 1 heterocycles. The Bertz CT molecular complexity index is 187. The van der Waals surface area contributed by atoms with Crippen molar-refractivity contribution in [3.8, 4) is 0 Å². The van der Waals surface area contributed by atoms with Crippen LogP contribution in [-0.2, 0) is 10.0 Å². The lowest BCUT2D eigenvalue weighted by Gasteiger charge is -2.22. The summed E-state index contributed by atoms with van der Waals surface area (Å²) in [6.45, 7) is 1.02. The van der Waals surface area contributed by atoms with Gasteiger partial charge in [0.2, 0.25) is 10.0 Å². The van der Waals surface area contributed by atoms with Crippen LogP contribution in [0.15, 0.2) is 0 Å². The fraction of sp³-hybridized carbons (Fsp3) is 1.00. The zero-order valence-corrected chi connectivity index (χ0v) is 6.11. The van der Waals surface area contributed by atoms with Crippen molar-refractivity contribution in [3.05, 3.63) is 0 Å². The van der Waals surface area contributed by atoms with Crippen LogP contribution in [-0.4, -0.2) is 38.7 Å². The maximum atomic E-state index is 10.9. The summed E-state index contributed by atoms with van der Waals surface area (Å²) in [6.07, 6.45) is 0. The van der Waals surface area contributed by atoms with Gasteiger partial charge in [0.25, 0.3) is 0 Å². The fourth-order valence-corrected chi connectivity index (χ4v) is 1.69. The molecule has 0 aromatic heterocycles. The van der Waals surface area contributed by atoms with Crippen molar-refractivity contribution < 1.29 is 8.42 Å². The smallest absolute Gasteiger partial charge is 0.216 e. The summed E-state index contributed by atoms with van der Waals surface area (Å²) in [4.78, 5) is 0. The molecule has 1 aliphatic rings. The van der Waals surface area contributed by atoms with E-state index in [-0.39, 0.29) is 5.75 Å². The summed E-state index contributed by atoms with van der Waals surface area (Å²) in [7, 11) is -1.32. The van der Waals surface area contributed by atoms with Gasteiger partial charge in [-0.25, -0.2) is 8.42 Å². The van der Waals surface area contributed by atoms with E-state index >= 15 is 0 Å². The maximum Gasteiger partial charge on any atom is 0.216 e. The van der Waals surface area contributed by atoms with Crippen molar-refractivity contribution in [1.29, 1.82) is 0 Å². The highest BCUT2D eigenvalue weighted by Crippen LogP contribution is 1.98. The van der Waals surface area contributed by atoms with Crippen LogP contribution in [0.2, 0.25) is 0 Å². The number of sulfonamides is 1. The Morgan fingerprint density at radius 2 is 2.22 bits per heavy atom. The number of nitrogens with zero attached hydrogens (tertiary/aromatic N) is 1. The Kier molecular flexibility index (Phi) is 1.74. The highest BCUT2D eigenvalue weighted by Gasteiger charge is 2.20. The molecule has 0 radical (unpaired) electrons. The van der Waals surface area contributed by atoms with Crippen LogP contribution in [0.5, 0.6) is 0 Å². The lowest BCUT2D eigenvalue weighted by molar-refractivity contribution is 0.415. The molecule has 1 rings (SSSR count). The third-order valence-corrected chi connectivity index (χ3v) is 3.14. The number of nitrogens with one attached hydrogen (secondary N) is 1. The third-order valence-electron chi connectivity index (χ3n) is 1.35. The van der Waals surface area contributed by atoms with Crippen LogP contribution in [0.1, 0.15) is 0 Å². The fourth-order valence-electron chi connectivity index (χ4n) is 0.692. The highest BCUT2D eigenvalue weighted by molar-refractivity contribution is 7.89. The van der Waals surface area contributed by atoms with Gasteiger partial charge in [0, 0.05) is 13.6 Å². The second kappa shape index (κ2) is 2.24. The molecular formula is C4H10N2O2S. The molecule has 0 aliphatic carbocycles. The molecule has 1 saturated heterocycles. The van der Waals surface area contributed by atoms with Gasteiger partial charge in [0.15, 0.2) is 0 Å². The van der Waals surface area contributed by atoms with E-state index in [4.69, 9.17) is 0 Å². The van der Waals surface area contributed by atoms with Gasteiger partial charge in [0.05, 0.1) is 12.4 Å². The average molecular weight is 150 g/mol. The Balaban J connectivity index is 2.72. The van der Waals surface area contributed by atoms with Crippen molar-refractivity contribution in [2.24, 2.45) is 0 Å².